The fourth-order valence-electron chi connectivity index (χ4n) is 1.31. The molecule has 0 bridgehead atoms. The summed E-state index contributed by atoms with van der Waals surface area (Å²) in [5.41, 5.74) is 1.96. The first-order chi connectivity index (χ1) is 7.16. The van der Waals surface area contributed by atoms with Crippen LogP contribution in [0.5, 0.6) is 5.75 Å². The van der Waals surface area contributed by atoms with Crippen molar-refractivity contribution in [2.45, 2.75) is 6.92 Å². The van der Waals surface area contributed by atoms with E-state index in [1.54, 1.807) is 25.1 Å². The number of halogens is 1. The van der Waals surface area contributed by atoms with Crippen LogP contribution in [0.1, 0.15) is 5.56 Å². The van der Waals surface area contributed by atoms with Crippen molar-refractivity contribution >= 4 is 0 Å². The Kier molecular flexibility index (Phi) is 2.37. The van der Waals surface area contributed by atoms with Gasteiger partial charge >= 0.3 is 0 Å². The number of rotatable bonds is 1. The van der Waals surface area contributed by atoms with Gasteiger partial charge in [0.15, 0.2) is 0 Å². The van der Waals surface area contributed by atoms with E-state index in [9.17, 15) is 4.39 Å². The van der Waals surface area contributed by atoms with Crippen molar-refractivity contribution < 1.29 is 9.50 Å². The van der Waals surface area contributed by atoms with Gasteiger partial charge in [-0.15, -0.1) is 0 Å². The van der Waals surface area contributed by atoms with E-state index >= 15 is 0 Å². The zero-order valence-electron chi connectivity index (χ0n) is 8.24. The van der Waals surface area contributed by atoms with Gasteiger partial charge in [0, 0.05) is 5.56 Å². The van der Waals surface area contributed by atoms with Crippen molar-refractivity contribution in [3.8, 4) is 17.0 Å². The third kappa shape index (κ3) is 1.96. The van der Waals surface area contributed by atoms with Gasteiger partial charge < -0.3 is 5.11 Å². The molecule has 0 fully saturated rings. The van der Waals surface area contributed by atoms with Crippen LogP contribution in [0.3, 0.4) is 0 Å². The molecule has 0 radical (unpaired) electrons. The zero-order chi connectivity index (χ0) is 10.8. The molecule has 0 aliphatic heterocycles. The minimum atomic E-state index is -0.248. The van der Waals surface area contributed by atoms with Crippen LogP contribution in [0.25, 0.3) is 11.3 Å². The highest BCUT2D eigenvalue weighted by Gasteiger charge is 2.02. The Balaban J connectivity index is 2.45. The van der Waals surface area contributed by atoms with Crippen LogP contribution in [0.2, 0.25) is 0 Å². The summed E-state index contributed by atoms with van der Waals surface area (Å²) >= 11 is 0. The molecular weight excluding hydrogens is 193 g/mol. The number of pyridine rings is 1. The highest BCUT2D eigenvalue weighted by Crippen LogP contribution is 2.20. The lowest BCUT2D eigenvalue weighted by atomic mass is 10.1. The Hall–Kier alpha value is -1.90. The minimum absolute atomic E-state index is 0.103. The van der Waals surface area contributed by atoms with E-state index < -0.39 is 0 Å². The predicted molar refractivity (Wildman–Crippen MR) is 56.0 cm³/mol. The minimum Gasteiger partial charge on any atom is -0.506 e. The van der Waals surface area contributed by atoms with Crippen LogP contribution in [-0.4, -0.2) is 10.1 Å². The van der Waals surface area contributed by atoms with Crippen molar-refractivity contribution in [2.24, 2.45) is 0 Å². The maximum atomic E-state index is 13.3. The summed E-state index contributed by atoms with van der Waals surface area (Å²) in [4.78, 5) is 4.00. The Labute approximate surface area is 87.0 Å². The molecule has 0 saturated heterocycles. The van der Waals surface area contributed by atoms with E-state index in [-0.39, 0.29) is 11.6 Å². The molecule has 0 saturated carbocycles. The van der Waals surface area contributed by atoms with Gasteiger partial charge in [-0.2, -0.15) is 0 Å². The monoisotopic (exact) mass is 203 g/mol. The van der Waals surface area contributed by atoms with Crippen molar-refractivity contribution in [2.75, 3.05) is 0 Å². The summed E-state index contributed by atoms with van der Waals surface area (Å²) in [6.45, 7) is 1.71. The molecule has 76 valence electrons. The molecule has 15 heavy (non-hydrogen) atoms. The van der Waals surface area contributed by atoms with E-state index in [2.05, 4.69) is 4.98 Å². The van der Waals surface area contributed by atoms with E-state index in [1.165, 1.54) is 18.3 Å². The summed E-state index contributed by atoms with van der Waals surface area (Å²) < 4.78 is 13.3. The second-order valence-electron chi connectivity index (χ2n) is 3.37. The molecule has 1 aromatic carbocycles. The lowest BCUT2D eigenvalue weighted by molar-refractivity contribution is 0.473. The SMILES string of the molecule is Cc1ccc(-c2ccc(O)cn2)cc1F. The Bertz CT molecular complexity index is 479. The van der Waals surface area contributed by atoms with Gasteiger partial charge in [0.2, 0.25) is 0 Å². The highest BCUT2D eigenvalue weighted by molar-refractivity contribution is 5.59. The lowest BCUT2D eigenvalue weighted by Crippen LogP contribution is -1.86. The van der Waals surface area contributed by atoms with Crippen molar-refractivity contribution in [1.29, 1.82) is 0 Å². The van der Waals surface area contributed by atoms with Crippen molar-refractivity contribution in [3.05, 3.63) is 47.9 Å². The molecule has 0 atom stereocenters. The number of hydrogen-bond donors (Lipinski definition) is 1. The summed E-state index contributed by atoms with van der Waals surface area (Å²) in [5.74, 6) is -0.145. The summed E-state index contributed by atoms with van der Waals surface area (Å²) in [5, 5.41) is 9.07. The molecule has 1 heterocycles. The second kappa shape index (κ2) is 3.69. The molecule has 0 aliphatic carbocycles. The number of aromatic hydroxyl groups is 1. The number of aromatic nitrogens is 1. The predicted octanol–water partition coefficient (Wildman–Crippen LogP) is 2.90. The van der Waals surface area contributed by atoms with Gasteiger partial charge in [-0.3, -0.25) is 4.98 Å². The van der Waals surface area contributed by atoms with E-state index in [4.69, 9.17) is 5.11 Å². The van der Waals surface area contributed by atoms with Gasteiger partial charge in [0.25, 0.3) is 0 Å². The average molecular weight is 203 g/mol. The highest BCUT2D eigenvalue weighted by atomic mass is 19.1. The van der Waals surface area contributed by atoms with Crippen LogP contribution < -0.4 is 0 Å². The Morgan fingerprint density at radius 2 is 2.00 bits per heavy atom. The first-order valence-corrected chi connectivity index (χ1v) is 4.58. The van der Waals surface area contributed by atoms with E-state index in [1.807, 2.05) is 0 Å². The first kappa shape index (κ1) is 9.65. The van der Waals surface area contributed by atoms with Gasteiger partial charge in [0.1, 0.15) is 11.6 Å². The maximum Gasteiger partial charge on any atom is 0.133 e. The quantitative estimate of drug-likeness (QED) is 0.773. The Morgan fingerprint density at radius 1 is 1.20 bits per heavy atom. The number of hydrogen-bond acceptors (Lipinski definition) is 2. The summed E-state index contributed by atoms with van der Waals surface area (Å²) in [6, 6.07) is 8.13. The van der Waals surface area contributed by atoms with Crippen molar-refractivity contribution in [3.63, 3.8) is 0 Å². The molecule has 1 N–H and O–H groups in total. The molecular formula is C12H10FNO. The molecule has 1 aromatic heterocycles. The number of aryl methyl sites for hydroxylation is 1. The lowest BCUT2D eigenvalue weighted by Gasteiger charge is -2.02. The molecule has 0 amide bonds. The van der Waals surface area contributed by atoms with Crippen LogP contribution in [-0.2, 0) is 0 Å². The Morgan fingerprint density at radius 3 is 2.60 bits per heavy atom. The van der Waals surface area contributed by atoms with Crippen LogP contribution in [0.4, 0.5) is 4.39 Å². The maximum absolute atomic E-state index is 13.3. The topological polar surface area (TPSA) is 33.1 Å². The fourth-order valence-corrected chi connectivity index (χ4v) is 1.31. The average Bonchev–Trinajstić information content (AvgIpc) is 2.23. The second-order valence-corrected chi connectivity index (χ2v) is 3.37. The van der Waals surface area contributed by atoms with Gasteiger partial charge in [-0.1, -0.05) is 12.1 Å². The molecule has 0 unspecified atom stereocenters. The zero-order valence-corrected chi connectivity index (χ0v) is 8.24. The third-order valence-corrected chi connectivity index (χ3v) is 2.22. The summed E-state index contributed by atoms with van der Waals surface area (Å²) in [7, 11) is 0. The first-order valence-electron chi connectivity index (χ1n) is 4.58. The van der Waals surface area contributed by atoms with E-state index in [0.29, 0.717) is 16.8 Å². The molecule has 0 aliphatic rings. The molecule has 2 aromatic rings. The van der Waals surface area contributed by atoms with E-state index in [0.717, 1.165) is 0 Å². The normalized spacial score (nSPS) is 10.3. The van der Waals surface area contributed by atoms with Crippen LogP contribution >= 0.6 is 0 Å². The van der Waals surface area contributed by atoms with Gasteiger partial charge in [-0.25, -0.2) is 4.39 Å². The van der Waals surface area contributed by atoms with Crippen LogP contribution in [0, 0.1) is 12.7 Å². The van der Waals surface area contributed by atoms with Crippen molar-refractivity contribution in [1.82, 2.24) is 4.98 Å². The van der Waals surface area contributed by atoms with Gasteiger partial charge in [-0.05, 0) is 30.7 Å². The van der Waals surface area contributed by atoms with Crippen LogP contribution in [0.15, 0.2) is 36.5 Å². The molecule has 3 heteroatoms. The summed E-state index contributed by atoms with van der Waals surface area (Å²) in [6.07, 6.45) is 1.34. The van der Waals surface area contributed by atoms with Gasteiger partial charge in [0.05, 0.1) is 11.9 Å². The smallest absolute Gasteiger partial charge is 0.133 e. The molecule has 0 spiro atoms. The number of benzene rings is 1. The number of nitrogens with zero attached hydrogens (tertiary/aromatic N) is 1. The largest absolute Gasteiger partial charge is 0.506 e. The molecule has 2 nitrogen and oxygen atoms in total. The fraction of sp³-hybridized carbons (Fsp3) is 0.0833. The molecule has 2 rings (SSSR count). The standard InChI is InChI=1S/C12H10FNO/c1-8-2-3-9(6-11(8)13)12-5-4-10(15)7-14-12/h2-7,15H,1H3. The third-order valence-electron chi connectivity index (χ3n) is 2.22.